The van der Waals surface area contributed by atoms with E-state index in [-0.39, 0.29) is 12.1 Å². The van der Waals surface area contributed by atoms with Crippen LogP contribution in [0.25, 0.3) is 0 Å². The summed E-state index contributed by atoms with van der Waals surface area (Å²) in [6.07, 6.45) is 0.568. The normalized spacial score (nSPS) is 15.4. The van der Waals surface area contributed by atoms with Gasteiger partial charge in [0.2, 0.25) is 0 Å². The van der Waals surface area contributed by atoms with Gasteiger partial charge in [-0.05, 0) is 54.6 Å². The Kier molecular flexibility index (Phi) is 9.62. The second-order valence-electron chi connectivity index (χ2n) is 9.28. The third kappa shape index (κ3) is 6.85. The average molecular weight is 537 g/mol. The first-order valence-corrected chi connectivity index (χ1v) is 13.7. The molecule has 9 heteroatoms. The minimum Gasteiger partial charge on any atom is -0.493 e. The number of nitrogens with one attached hydrogen (secondary N) is 2. The fourth-order valence-corrected chi connectivity index (χ4v) is 5.85. The van der Waals surface area contributed by atoms with Gasteiger partial charge in [0.05, 0.1) is 20.3 Å². The molecule has 1 aliphatic rings. The number of para-hydroxylation sites is 1. The third-order valence-electron chi connectivity index (χ3n) is 6.85. The van der Waals surface area contributed by atoms with Crippen molar-refractivity contribution in [2.24, 2.45) is 0 Å². The second-order valence-corrected chi connectivity index (χ2v) is 10.3. The topological polar surface area (TPSA) is 83.1 Å². The Hall–Kier alpha value is -3.56. The summed E-state index contributed by atoms with van der Waals surface area (Å²) >= 11 is 1.68. The highest BCUT2D eigenvalue weighted by molar-refractivity contribution is 7.10. The van der Waals surface area contributed by atoms with E-state index in [1.54, 1.807) is 25.6 Å². The van der Waals surface area contributed by atoms with Gasteiger partial charge in [0.25, 0.3) is 0 Å². The minimum absolute atomic E-state index is 0.00330. The maximum atomic E-state index is 12.8. The Morgan fingerprint density at radius 3 is 2.32 bits per heavy atom. The first-order chi connectivity index (χ1) is 18.5. The maximum Gasteiger partial charge on any atom is 0.309 e. The van der Waals surface area contributed by atoms with E-state index in [4.69, 9.17) is 9.47 Å². The summed E-state index contributed by atoms with van der Waals surface area (Å²) in [7, 11) is 3.17. The molecule has 0 aliphatic carbocycles. The zero-order chi connectivity index (χ0) is 26.9. The minimum atomic E-state index is -0.629. The van der Waals surface area contributed by atoms with Crippen LogP contribution in [0.2, 0.25) is 0 Å². The quantitative estimate of drug-likeness (QED) is 0.386. The van der Waals surface area contributed by atoms with Crippen LogP contribution >= 0.6 is 11.3 Å². The SMILES string of the molecule is COc1ccc(CCNC(=O)C(=O)N[C@@H](C)[C@@H](c2cccs2)N2CCN(c3ccccc3)CC2)cc1OC. The predicted molar refractivity (Wildman–Crippen MR) is 151 cm³/mol. The number of carbonyl (C=O) groups is 2. The lowest BCUT2D eigenvalue weighted by molar-refractivity contribution is -0.139. The van der Waals surface area contributed by atoms with E-state index in [9.17, 15) is 9.59 Å². The summed E-state index contributed by atoms with van der Waals surface area (Å²) in [5.74, 6) is 0.0352. The Balaban J connectivity index is 1.31. The first kappa shape index (κ1) is 27.5. The van der Waals surface area contributed by atoms with E-state index < -0.39 is 11.8 Å². The number of carbonyl (C=O) groups excluding carboxylic acids is 2. The van der Waals surface area contributed by atoms with Gasteiger partial charge in [0, 0.05) is 49.3 Å². The number of rotatable bonds is 10. The molecule has 0 saturated carbocycles. The fraction of sp³-hybridized carbons (Fsp3) is 0.379. The maximum absolute atomic E-state index is 12.8. The van der Waals surface area contributed by atoms with Crippen LogP contribution in [0.4, 0.5) is 5.69 Å². The van der Waals surface area contributed by atoms with Crippen LogP contribution < -0.4 is 25.0 Å². The predicted octanol–water partition coefficient (Wildman–Crippen LogP) is 3.49. The van der Waals surface area contributed by atoms with Crippen molar-refractivity contribution in [3.8, 4) is 11.5 Å². The highest BCUT2D eigenvalue weighted by Crippen LogP contribution is 2.30. The van der Waals surface area contributed by atoms with Crippen molar-refractivity contribution in [1.82, 2.24) is 15.5 Å². The smallest absolute Gasteiger partial charge is 0.309 e. The molecule has 0 radical (unpaired) electrons. The van der Waals surface area contributed by atoms with Crippen molar-refractivity contribution < 1.29 is 19.1 Å². The number of piperazine rings is 1. The van der Waals surface area contributed by atoms with Crippen molar-refractivity contribution in [3.05, 3.63) is 76.5 Å². The van der Waals surface area contributed by atoms with Gasteiger partial charge < -0.3 is 25.0 Å². The largest absolute Gasteiger partial charge is 0.493 e. The van der Waals surface area contributed by atoms with Crippen molar-refractivity contribution in [2.75, 3.05) is 51.8 Å². The van der Waals surface area contributed by atoms with Gasteiger partial charge in [-0.25, -0.2) is 0 Å². The van der Waals surface area contributed by atoms with Crippen LogP contribution in [0.1, 0.15) is 23.4 Å². The zero-order valence-electron chi connectivity index (χ0n) is 22.2. The molecule has 0 spiro atoms. The van der Waals surface area contributed by atoms with Gasteiger partial charge in [-0.1, -0.05) is 30.3 Å². The molecule has 1 aliphatic heterocycles. The van der Waals surface area contributed by atoms with Crippen molar-refractivity contribution in [3.63, 3.8) is 0 Å². The van der Waals surface area contributed by atoms with E-state index in [1.807, 2.05) is 37.3 Å². The number of hydrogen-bond acceptors (Lipinski definition) is 7. The lowest BCUT2D eigenvalue weighted by Gasteiger charge is -2.42. The van der Waals surface area contributed by atoms with E-state index >= 15 is 0 Å². The van der Waals surface area contributed by atoms with E-state index in [0.717, 1.165) is 31.7 Å². The van der Waals surface area contributed by atoms with Gasteiger partial charge in [0.1, 0.15) is 0 Å². The van der Waals surface area contributed by atoms with Crippen molar-refractivity contribution in [1.29, 1.82) is 0 Å². The Labute approximate surface area is 228 Å². The number of methoxy groups -OCH3 is 2. The zero-order valence-corrected chi connectivity index (χ0v) is 23.0. The van der Waals surface area contributed by atoms with Crippen LogP contribution in [0.15, 0.2) is 66.0 Å². The summed E-state index contributed by atoms with van der Waals surface area (Å²) in [5.41, 5.74) is 2.20. The number of nitrogens with zero attached hydrogens (tertiary/aromatic N) is 2. The van der Waals surface area contributed by atoms with Crippen LogP contribution in [-0.4, -0.2) is 69.7 Å². The first-order valence-electron chi connectivity index (χ1n) is 12.9. The fourth-order valence-electron chi connectivity index (χ4n) is 4.89. The van der Waals surface area contributed by atoms with Gasteiger partial charge in [-0.2, -0.15) is 0 Å². The van der Waals surface area contributed by atoms with E-state index in [0.29, 0.717) is 24.5 Å². The molecule has 0 unspecified atom stereocenters. The molecule has 1 aromatic heterocycles. The van der Waals surface area contributed by atoms with E-state index in [1.165, 1.54) is 10.6 Å². The number of thiophene rings is 1. The molecule has 4 rings (SSSR count). The monoisotopic (exact) mass is 536 g/mol. The lowest BCUT2D eigenvalue weighted by atomic mass is 10.0. The summed E-state index contributed by atoms with van der Waals surface area (Å²) in [4.78, 5) is 31.4. The van der Waals surface area contributed by atoms with E-state index in [2.05, 4.69) is 56.1 Å². The molecule has 2 amide bonds. The Morgan fingerprint density at radius 1 is 0.921 bits per heavy atom. The molecule has 2 aromatic carbocycles. The molecule has 2 heterocycles. The summed E-state index contributed by atoms with van der Waals surface area (Å²) in [6.45, 7) is 5.87. The van der Waals surface area contributed by atoms with Crippen LogP contribution in [-0.2, 0) is 16.0 Å². The summed E-state index contributed by atoms with van der Waals surface area (Å²) < 4.78 is 10.6. The van der Waals surface area contributed by atoms with Gasteiger partial charge in [-0.3, -0.25) is 14.5 Å². The second kappa shape index (κ2) is 13.3. The molecular formula is C29H36N4O4S. The highest BCUT2D eigenvalue weighted by Gasteiger charge is 2.31. The molecule has 3 aromatic rings. The molecule has 0 bridgehead atoms. The average Bonchev–Trinajstić information content (AvgIpc) is 3.48. The summed E-state index contributed by atoms with van der Waals surface area (Å²) in [6, 6.07) is 19.9. The molecule has 2 N–H and O–H groups in total. The number of anilines is 1. The lowest BCUT2D eigenvalue weighted by Crippen LogP contribution is -2.53. The van der Waals surface area contributed by atoms with Gasteiger partial charge in [-0.15, -0.1) is 11.3 Å². The highest BCUT2D eigenvalue weighted by atomic mass is 32.1. The Morgan fingerprint density at radius 2 is 1.66 bits per heavy atom. The number of amides is 2. The van der Waals surface area contributed by atoms with Crippen LogP contribution in [0, 0.1) is 0 Å². The van der Waals surface area contributed by atoms with Crippen LogP contribution in [0.3, 0.4) is 0 Å². The number of hydrogen-bond donors (Lipinski definition) is 2. The molecule has 8 nitrogen and oxygen atoms in total. The molecule has 1 fully saturated rings. The number of ether oxygens (including phenoxy) is 2. The number of benzene rings is 2. The van der Waals surface area contributed by atoms with Gasteiger partial charge in [0.15, 0.2) is 11.5 Å². The molecule has 38 heavy (non-hydrogen) atoms. The molecule has 2 atom stereocenters. The molecule has 202 valence electrons. The standard InChI is InChI=1S/C29H36N4O4S/c1-21(31-29(35)28(34)30-14-13-22-11-12-24(36-2)25(20-22)37-3)27(26-10-7-19-38-26)33-17-15-32(16-18-33)23-8-5-4-6-9-23/h4-12,19-21,27H,13-18H2,1-3H3,(H,30,34)(H,31,35)/t21-,27-/m0/s1. The van der Waals surface area contributed by atoms with Gasteiger partial charge >= 0.3 is 11.8 Å². The molecular weight excluding hydrogens is 500 g/mol. The van der Waals surface area contributed by atoms with Crippen molar-refractivity contribution in [2.45, 2.75) is 25.4 Å². The van der Waals surface area contributed by atoms with Crippen LogP contribution in [0.5, 0.6) is 11.5 Å². The van der Waals surface area contributed by atoms with Crippen molar-refractivity contribution >= 4 is 28.8 Å². The summed E-state index contributed by atoms with van der Waals surface area (Å²) in [5, 5.41) is 7.75. The Bertz CT molecular complexity index is 1180. The third-order valence-corrected chi connectivity index (χ3v) is 7.79. The molecule has 1 saturated heterocycles.